The number of ether oxygens (including phenoxy) is 2. The van der Waals surface area contributed by atoms with Crippen LogP contribution in [-0.4, -0.2) is 58.7 Å². The fraction of sp³-hybridized carbons (Fsp3) is 0.500. The average molecular weight is 791 g/mol. The predicted molar refractivity (Wildman–Crippen MR) is 229 cm³/mol. The molecule has 0 spiro atoms. The van der Waals surface area contributed by atoms with E-state index in [4.69, 9.17) is 9.47 Å². The molecule has 0 fully saturated rings. The number of aldehydes is 1. The first-order valence-electron chi connectivity index (χ1n) is 21.3. The summed E-state index contributed by atoms with van der Waals surface area (Å²) in [5, 5.41) is 6.86. The Bertz CT molecular complexity index is 2420. The lowest BCUT2D eigenvalue weighted by Gasteiger charge is -2.26. The van der Waals surface area contributed by atoms with Gasteiger partial charge in [0, 0.05) is 50.9 Å². The van der Waals surface area contributed by atoms with Crippen molar-refractivity contribution in [1.29, 1.82) is 0 Å². The van der Waals surface area contributed by atoms with Gasteiger partial charge < -0.3 is 29.7 Å². The Balaban J connectivity index is 1.41. The van der Waals surface area contributed by atoms with Crippen molar-refractivity contribution in [3.05, 3.63) is 89.1 Å². The zero-order chi connectivity index (χ0) is 41.8. The van der Waals surface area contributed by atoms with E-state index in [9.17, 15) is 19.2 Å². The van der Waals surface area contributed by atoms with Crippen molar-refractivity contribution in [2.24, 2.45) is 17.8 Å². The maximum Gasteiger partial charge on any atom is 0.320 e. The maximum absolute atomic E-state index is 14.4. The van der Waals surface area contributed by atoms with E-state index >= 15 is 0 Å². The van der Waals surface area contributed by atoms with Gasteiger partial charge in [-0.25, -0.2) is 0 Å². The quantitative estimate of drug-likeness (QED) is 0.0609. The van der Waals surface area contributed by atoms with Crippen LogP contribution in [0.25, 0.3) is 23.8 Å². The van der Waals surface area contributed by atoms with E-state index in [2.05, 4.69) is 67.9 Å². The Morgan fingerprint density at radius 3 is 2.28 bits per heavy atom. The highest BCUT2D eigenvalue weighted by Gasteiger charge is 2.47. The Morgan fingerprint density at radius 1 is 0.879 bits per heavy atom. The van der Waals surface area contributed by atoms with Crippen LogP contribution in [0.2, 0.25) is 0 Å². The molecule has 3 aromatic heterocycles. The fourth-order valence-corrected chi connectivity index (χ4v) is 9.40. The fourth-order valence-electron chi connectivity index (χ4n) is 9.40. The van der Waals surface area contributed by atoms with Crippen LogP contribution in [0, 0.1) is 31.6 Å². The monoisotopic (exact) mass is 790 g/mol. The van der Waals surface area contributed by atoms with Crippen LogP contribution in [-0.2, 0) is 31.9 Å². The Morgan fingerprint density at radius 2 is 1.59 bits per heavy atom. The number of aromatic amines is 3. The minimum Gasteiger partial charge on any atom is -0.468 e. The van der Waals surface area contributed by atoms with Crippen LogP contribution in [0.5, 0.6) is 0 Å². The number of aromatic nitrogens is 3. The zero-order valence-electron chi connectivity index (χ0n) is 35.9. The van der Waals surface area contributed by atoms with E-state index in [1.165, 1.54) is 38.4 Å². The van der Waals surface area contributed by atoms with Gasteiger partial charge in [0.1, 0.15) is 12.5 Å². The smallest absolute Gasteiger partial charge is 0.320 e. The summed E-state index contributed by atoms with van der Waals surface area (Å²) in [7, 11) is 1.31. The highest BCUT2D eigenvalue weighted by molar-refractivity contribution is 6.19. The number of H-pyrrole nitrogens is 3. The highest BCUT2D eigenvalue weighted by atomic mass is 16.5. The Labute approximate surface area is 342 Å². The number of hydrogen-bond acceptors (Lipinski definition) is 7. The first kappa shape index (κ1) is 42.5. The van der Waals surface area contributed by atoms with Gasteiger partial charge in [0.25, 0.3) is 0 Å². The van der Waals surface area contributed by atoms with Gasteiger partial charge in [-0.05, 0) is 123 Å². The number of methoxy groups -OCH3 is 1. The summed E-state index contributed by atoms with van der Waals surface area (Å²) >= 11 is 0. The molecule has 4 atom stereocenters. The maximum atomic E-state index is 14.4. The number of carbonyl (C=O) groups is 4. The first-order chi connectivity index (χ1) is 27.9. The molecule has 5 heterocycles. The van der Waals surface area contributed by atoms with E-state index < -0.39 is 17.9 Å². The van der Waals surface area contributed by atoms with E-state index in [1.54, 1.807) is 0 Å². The van der Waals surface area contributed by atoms with Gasteiger partial charge in [0.2, 0.25) is 0 Å². The van der Waals surface area contributed by atoms with Crippen LogP contribution < -0.4 is 26.7 Å². The summed E-state index contributed by atoms with van der Waals surface area (Å²) in [6.07, 6.45) is 18.1. The second-order valence-corrected chi connectivity index (χ2v) is 16.6. The standard InChI is InChI=1S/C48H62N4O6/c1-10-13-15-26(4)16-14-17-27(5)20-21-58-41(54)19-18-33-29(7)36-22-35-28(6)31(11-2)38(49-35)24-40-34(25-53)32(12-3)39(50-40)23-37-30(8)42-46(52-37)43(45(33)51-36)44(47(42)55)48(56)57-9/h20,22-26,33,44-45,49-52H,10-19,21H2,1-9H3/b27-20+,35-22-,37-23-,38-24-/t26-,33+,44-,45?/m1/s1. The second kappa shape index (κ2) is 18.2. The summed E-state index contributed by atoms with van der Waals surface area (Å²) in [6, 6.07) is -0.495. The van der Waals surface area contributed by atoms with Gasteiger partial charge >= 0.3 is 11.9 Å². The second-order valence-electron chi connectivity index (χ2n) is 16.6. The first-order valence-corrected chi connectivity index (χ1v) is 21.3. The van der Waals surface area contributed by atoms with Gasteiger partial charge in [0.15, 0.2) is 12.1 Å². The van der Waals surface area contributed by atoms with Gasteiger partial charge in [-0.1, -0.05) is 59.0 Å². The van der Waals surface area contributed by atoms with E-state index in [-0.39, 0.29) is 30.7 Å². The molecule has 1 unspecified atom stereocenters. The number of nitrogens with one attached hydrogen (secondary N) is 4. The number of allylic oxidation sites excluding steroid dienone is 2. The highest BCUT2D eigenvalue weighted by Crippen LogP contribution is 2.39. The summed E-state index contributed by atoms with van der Waals surface area (Å²) < 4.78 is 11.0. The van der Waals surface area contributed by atoms with Crippen molar-refractivity contribution in [3.63, 3.8) is 0 Å². The van der Waals surface area contributed by atoms with Crippen LogP contribution in [0.1, 0.15) is 147 Å². The van der Waals surface area contributed by atoms with Gasteiger partial charge in [-0.2, -0.15) is 0 Å². The normalized spacial score (nSPS) is 20.8. The minimum atomic E-state index is -1.15. The number of unbranched alkanes of at least 4 members (excludes halogenated alkanes) is 1. The molecule has 0 amide bonds. The molecular weight excluding hydrogens is 729 g/mol. The molecule has 3 aromatic rings. The lowest BCUT2D eigenvalue weighted by atomic mass is 9.82. The molecule has 0 saturated carbocycles. The van der Waals surface area contributed by atoms with Crippen LogP contribution >= 0.6 is 0 Å². The summed E-state index contributed by atoms with van der Waals surface area (Å²) in [5.74, 6) is -1.89. The number of fused-ring (bicyclic) bond motifs is 8. The number of esters is 2. The third kappa shape index (κ3) is 8.25. The molecule has 10 nitrogen and oxygen atoms in total. The zero-order valence-corrected chi connectivity index (χ0v) is 35.9. The molecule has 58 heavy (non-hydrogen) atoms. The van der Waals surface area contributed by atoms with Gasteiger partial charge in [-0.15, -0.1) is 0 Å². The van der Waals surface area contributed by atoms with Crippen molar-refractivity contribution in [2.45, 2.75) is 126 Å². The lowest BCUT2D eigenvalue weighted by molar-refractivity contribution is -0.143. The van der Waals surface area contributed by atoms with Crippen molar-refractivity contribution in [3.8, 4) is 0 Å². The molecule has 8 bridgehead atoms. The van der Waals surface area contributed by atoms with Crippen molar-refractivity contribution in [1.82, 2.24) is 20.3 Å². The Hall–Kier alpha value is -5.12. The van der Waals surface area contributed by atoms with E-state index in [1.807, 2.05) is 32.1 Å². The molecule has 0 radical (unpaired) electrons. The van der Waals surface area contributed by atoms with Crippen LogP contribution in [0.4, 0.5) is 0 Å². The molecule has 10 heteroatoms. The van der Waals surface area contributed by atoms with Crippen molar-refractivity contribution < 1.29 is 28.7 Å². The third-order valence-electron chi connectivity index (χ3n) is 12.9. The van der Waals surface area contributed by atoms with E-state index in [0.29, 0.717) is 51.5 Å². The summed E-state index contributed by atoms with van der Waals surface area (Å²) in [6.45, 7) is 17.1. The molecule has 2 aliphatic heterocycles. The number of hydrogen-bond donors (Lipinski definition) is 4. The number of carbonyl (C=O) groups excluding carboxylic acids is 4. The summed E-state index contributed by atoms with van der Waals surface area (Å²) in [4.78, 5) is 64.5. The van der Waals surface area contributed by atoms with E-state index in [0.717, 1.165) is 75.8 Å². The molecule has 0 saturated heterocycles. The predicted octanol–water partition coefficient (Wildman–Crippen LogP) is 5.94. The molecular formula is C48H62N4O6. The van der Waals surface area contributed by atoms with Crippen LogP contribution in [0.15, 0.2) is 22.9 Å². The van der Waals surface area contributed by atoms with Crippen LogP contribution in [0.3, 0.4) is 0 Å². The lowest BCUT2D eigenvalue weighted by Crippen LogP contribution is -2.39. The Kier molecular flexibility index (Phi) is 13.3. The van der Waals surface area contributed by atoms with Gasteiger partial charge in [-0.3, -0.25) is 19.2 Å². The molecule has 6 rings (SSSR count). The largest absolute Gasteiger partial charge is 0.468 e. The molecule has 0 aromatic carbocycles. The van der Waals surface area contributed by atoms with Gasteiger partial charge in [0.05, 0.1) is 24.2 Å². The molecule has 1 aliphatic carbocycles. The SMILES string of the molecule is CCCC[C@@H](C)CCC/C(C)=C/COC(=O)CC[C@H]1C(C)=C2/C=c3\[nH]/c(c(CC)c3C)=C\c3[nH]c(c(CC)c3C=O)/C=c3\[nH]c4c(c3C)C(=O)[C@H](C(=O)OC)C=4C1N2. The summed E-state index contributed by atoms with van der Waals surface area (Å²) in [5.41, 5.74) is 10.0. The van der Waals surface area contributed by atoms with Crippen molar-refractivity contribution in [2.75, 3.05) is 13.7 Å². The number of rotatable bonds is 16. The molecule has 3 aliphatic rings. The third-order valence-corrected chi connectivity index (χ3v) is 12.9. The minimum absolute atomic E-state index is 0.170. The average Bonchev–Trinajstić information content (AvgIpc) is 3.96. The number of Topliss-reactive ketones (excluding diaryl/α,β-unsaturated/α-hetero) is 1. The van der Waals surface area contributed by atoms with Crippen molar-refractivity contribution >= 4 is 47.8 Å². The molecule has 4 N–H and O–H groups in total. The number of ketones is 1. The topological polar surface area (TPSA) is 146 Å². The molecule has 310 valence electrons.